The van der Waals surface area contributed by atoms with E-state index in [1.165, 1.54) is 97.2 Å². The van der Waals surface area contributed by atoms with Gasteiger partial charge in [0, 0.05) is 57.2 Å². The predicted octanol–water partition coefficient (Wildman–Crippen LogP) is -1.79. The van der Waals surface area contributed by atoms with Gasteiger partial charge in [0.15, 0.2) is 6.23 Å². The summed E-state index contributed by atoms with van der Waals surface area (Å²) < 4.78 is 0. The number of nitrogens with zero attached hydrogens (tertiary/aromatic N) is 1. The van der Waals surface area contributed by atoms with Crippen LogP contribution < -0.4 is 26.3 Å². The number of hydroxylamine groups is 1. The molecule has 7 nitrogen and oxygen atoms in total. The summed E-state index contributed by atoms with van der Waals surface area (Å²) in [5, 5.41) is 10.0. The molecule has 5 fully saturated rings. The first kappa shape index (κ1) is 19.7. The molecule has 0 aromatic rings. The van der Waals surface area contributed by atoms with Gasteiger partial charge in [0.25, 0.3) is 0 Å². The number of piperidine rings is 2. The van der Waals surface area contributed by atoms with Gasteiger partial charge >= 0.3 is 0 Å². The van der Waals surface area contributed by atoms with Crippen LogP contribution in [0.2, 0.25) is 0 Å². The lowest BCUT2D eigenvalue weighted by Crippen LogP contribution is -3.16. The van der Waals surface area contributed by atoms with Gasteiger partial charge < -0.3 is 15.5 Å². The first-order valence-electron chi connectivity index (χ1n) is 12.2. The highest BCUT2D eigenvalue weighted by molar-refractivity contribution is 4.85. The SMILES string of the molecule is C1CNCC(C[NH+]2CCCC2C2NC(C3CC[NH2+]C(N4CCCC4)C3)NO2)C1. The van der Waals surface area contributed by atoms with Gasteiger partial charge in [0.2, 0.25) is 0 Å². The van der Waals surface area contributed by atoms with Crippen molar-refractivity contribution in [1.82, 2.24) is 21.0 Å². The highest BCUT2D eigenvalue weighted by atomic mass is 16.7. The molecule has 5 aliphatic heterocycles. The van der Waals surface area contributed by atoms with Crippen LogP contribution in [0.3, 0.4) is 0 Å². The van der Waals surface area contributed by atoms with Crippen LogP contribution in [0.5, 0.6) is 0 Å². The molecule has 5 aliphatic rings. The normalized spacial score (nSPS) is 45.6. The molecule has 0 amide bonds. The zero-order valence-corrected chi connectivity index (χ0v) is 17.5. The van der Waals surface area contributed by atoms with Gasteiger partial charge in [-0.05, 0) is 32.2 Å². The Bertz CT molecular complexity index is 495. The van der Waals surface area contributed by atoms with Crippen molar-refractivity contribution in [3.63, 3.8) is 0 Å². The number of quaternary nitrogens is 2. The Balaban J connectivity index is 1.14. The molecule has 28 heavy (non-hydrogen) atoms. The van der Waals surface area contributed by atoms with Crippen molar-refractivity contribution in [2.75, 3.05) is 45.8 Å². The zero-order valence-electron chi connectivity index (χ0n) is 17.5. The van der Waals surface area contributed by atoms with E-state index >= 15 is 0 Å². The van der Waals surface area contributed by atoms with Crippen molar-refractivity contribution in [3.8, 4) is 0 Å². The second-order valence-corrected chi connectivity index (χ2v) is 9.99. The molecule has 5 saturated heterocycles. The molecule has 7 unspecified atom stereocenters. The summed E-state index contributed by atoms with van der Waals surface area (Å²) in [6.45, 7) is 8.93. The molecule has 0 spiro atoms. The van der Waals surface area contributed by atoms with Gasteiger partial charge in [-0.1, -0.05) is 0 Å². The lowest BCUT2D eigenvalue weighted by atomic mass is 9.92. The van der Waals surface area contributed by atoms with Crippen LogP contribution in [-0.2, 0) is 4.84 Å². The molecule has 0 aliphatic carbocycles. The minimum Gasteiger partial charge on any atom is -0.331 e. The maximum atomic E-state index is 6.16. The maximum absolute atomic E-state index is 6.16. The summed E-state index contributed by atoms with van der Waals surface area (Å²) >= 11 is 0. The van der Waals surface area contributed by atoms with Crippen LogP contribution in [0.25, 0.3) is 0 Å². The van der Waals surface area contributed by atoms with E-state index in [1.807, 2.05) is 0 Å². The summed E-state index contributed by atoms with van der Waals surface area (Å²) in [6.07, 6.45) is 12.0. The molecule has 6 N–H and O–H groups in total. The Morgan fingerprint density at radius 1 is 1.07 bits per heavy atom. The topological polar surface area (TPSA) is 69.6 Å². The van der Waals surface area contributed by atoms with Gasteiger partial charge in [-0.3, -0.25) is 15.1 Å². The Kier molecular flexibility index (Phi) is 6.50. The summed E-state index contributed by atoms with van der Waals surface area (Å²) in [6, 6.07) is 0.615. The molecule has 0 bridgehead atoms. The van der Waals surface area contributed by atoms with E-state index in [4.69, 9.17) is 4.84 Å². The van der Waals surface area contributed by atoms with E-state index in [2.05, 4.69) is 26.3 Å². The number of nitrogens with one attached hydrogen (secondary N) is 4. The molecule has 5 heterocycles. The average molecular weight is 395 g/mol. The lowest BCUT2D eigenvalue weighted by Gasteiger charge is -2.35. The fourth-order valence-electron chi connectivity index (χ4n) is 6.55. The molecule has 0 aromatic heterocycles. The van der Waals surface area contributed by atoms with Gasteiger partial charge in [-0.2, -0.15) is 5.48 Å². The Morgan fingerprint density at radius 2 is 2.00 bits per heavy atom. The highest BCUT2D eigenvalue weighted by Crippen LogP contribution is 2.23. The number of likely N-dealkylation sites (tertiary alicyclic amines) is 2. The fraction of sp³-hybridized carbons (Fsp3) is 1.00. The summed E-state index contributed by atoms with van der Waals surface area (Å²) in [4.78, 5) is 10.6. The summed E-state index contributed by atoms with van der Waals surface area (Å²) in [5.41, 5.74) is 3.42. The predicted molar refractivity (Wildman–Crippen MR) is 108 cm³/mol. The summed E-state index contributed by atoms with van der Waals surface area (Å²) in [5.74, 6) is 1.54. The number of hydrogen-bond donors (Lipinski definition) is 5. The zero-order chi connectivity index (χ0) is 18.8. The minimum absolute atomic E-state index is 0.190. The third-order valence-electron chi connectivity index (χ3n) is 8.12. The van der Waals surface area contributed by atoms with Crippen molar-refractivity contribution in [2.24, 2.45) is 11.8 Å². The molecular weight excluding hydrogens is 352 g/mol. The van der Waals surface area contributed by atoms with E-state index in [-0.39, 0.29) is 6.23 Å². The Labute approximate surface area is 170 Å². The van der Waals surface area contributed by atoms with Crippen LogP contribution in [-0.4, -0.2) is 75.3 Å². The molecule has 7 atom stereocenters. The quantitative estimate of drug-likeness (QED) is 0.381. The molecule has 0 radical (unpaired) electrons. The third-order valence-corrected chi connectivity index (χ3v) is 8.12. The standard InChI is InChI=1S/C21H40N6O/c1-2-11-26(10-1)19-13-17(7-9-23-19)20-24-21(28-25-20)18-6-4-12-27(18)15-16-5-3-8-22-14-16/h16-25H,1-15H2/p+2. The smallest absolute Gasteiger partial charge is 0.183 e. The first-order chi connectivity index (χ1) is 13.9. The van der Waals surface area contributed by atoms with Gasteiger partial charge in [0.05, 0.1) is 25.8 Å². The van der Waals surface area contributed by atoms with Crippen LogP contribution >= 0.6 is 0 Å². The van der Waals surface area contributed by atoms with E-state index < -0.39 is 0 Å². The van der Waals surface area contributed by atoms with Crippen LogP contribution in [0.4, 0.5) is 0 Å². The second-order valence-electron chi connectivity index (χ2n) is 9.99. The van der Waals surface area contributed by atoms with E-state index in [0.717, 1.165) is 5.92 Å². The fourth-order valence-corrected chi connectivity index (χ4v) is 6.55. The monoisotopic (exact) mass is 394 g/mol. The average Bonchev–Trinajstić information content (AvgIpc) is 3.50. The molecule has 160 valence electrons. The molecule has 0 aromatic carbocycles. The highest BCUT2D eigenvalue weighted by Gasteiger charge is 2.44. The third kappa shape index (κ3) is 4.41. The van der Waals surface area contributed by atoms with Crippen LogP contribution in [0.15, 0.2) is 0 Å². The van der Waals surface area contributed by atoms with E-state index in [9.17, 15) is 0 Å². The number of rotatable bonds is 5. The Morgan fingerprint density at radius 3 is 2.86 bits per heavy atom. The second kappa shape index (κ2) is 9.25. The molecular formula is C21H42N6O+2. The van der Waals surface area contributed by atoms with E-state index in [0.29, 0.717) is 24.3 Å². The molecule has 5 rings (SSSR count). The van der Waals surface area contributed by atoms with Gasteiger partial charge in [-0.25, -0.2) is 0 Å². The largest absolute Gasteiger partial charge is 0.331 e. The van der Waals surface area contributed by atoms with Crippen molar-refractivity contribution >= 4 is 0 Å². The van der Waals surface area contributed by atoms with Gasteiger partial charge in [0.1, 0.15) is 12.2 Å². The van der Waals surface area contributed by atoms with Crippen molar-refractivity contribution in [2.45, 2.75) is 76.0 Å². The van der Waals surface area contributed by atoms with Crippen LogP contribution in [0, 0.1) is 11.8 Å². The number of nitrogens with two attached hydrogens (primary N) is 1. The number of hydrogen-bond acceptors (Lipinski definition) is 5. The van der Waals surface area contributed by atoms with Crippen molar-refractivity contribution in [1.29, 1.82) is 0 Å². The Hall–Kier alpha value is -0.280. The van der Waals surface area contributed by atoms with Crippen molar-refractivity contribution in [3.05, 3.63) is 0 Å². The van der Waals surface area contributed by atoms with Gasteiger partial charge in [-0.15, -0.1) is 0 Å². The van der Waals surface area contributed by atoms with Crippen LogP contribution in [0.1, 0.15) is 51.4 Å². The minimum atomic E-state index is 0.190. The molecule has 0 saturated carbocycles. The van der Waals surface area contributed by atoms with E-state index in [1.54, 1.807) is 4.90 Å². The van der Waals surface area contributed by atoms with Crippen molar-refractivity contribution < 1.29 is 15.1 Å². The summed E-state index contributed by atoms with van der Waals surface area (Å²) in [7, 11) is 0. The maximum Gasteiger partial charge on any atom is 0.183 e. The lowest BCUT2D eigenvalue weighted by molar-refractivity contribution is -0.919. The molecule has 7 heteroatoms. The first-order valence-corrected chi connectivity index (χ1v) is 12.2.